The summed E-state index contributed by atoms with van der Waals surface area (Å²) >= 11 is 0. The van der Waals surface area contributed by atoms with Gasteiger partial charge >= 0.3 is 0 Å². The third kappa shape index (κ3) is 4.42. The molecule has 0 unspecified atom stereocenters. The van der Waals surface area contributed by atoms with Gasteiger partial charge in [0.2, 0.25) is 5.91 Å². The van der Waals surface area contributed by atoms with Crippen molar-refractivity contribution in [2.75, 3.05) is 40.4 Å². The van der Waals surface area contributed by atoms with Gasteiger partial charge in [-0.1, -0.05) is 11.2 Å². The summed E-state index contributed by atoms with van der Waals surface area (Å²) in [5.74, 6) is 2.39. The van der Waals surface area contributed by atoms with Crippen molar-refractivity contribution >= 4 is 5.91 Å². The van der Waals surface area contributed by atoms with Gasteiger partial charge in [0.15, 0.2) is 0 Å². The summed E-state index contributed by atoms with van der Waals surface area (Å²) in [5, 5.41) is 4.01. The molecule has 1 aromatic carbocycles. The number of carbonyl (C=O) groups excluding carboxylic acids is 1. The van der Waals surface area contributed by atoms with E-state index in [2.05, 4.69) is 10.1 Å². The Morgan fingerprint density at radius 2 is 1.89 bits per heavy atom. The Kier molecular flexibility index (Phi) is 6.01. The molecule has 1 aliphatic heterocycles. The van der Waals surface area contributed by atoms with Crippen LogP contribution in [0.1, 0.15) is 22.6 Å². The number of methoxy groups -OCH3 is 2. The van der Waals surface area contributed by atoms with Crippen molar-refractivity contribution in [3.8, 4) is 11.5 Å². The number of aryl methyl sites for hydroxylation is 2. The van der Waals surface area contributed by atoms with E-state index in [0.717, 1.165) is 61.1 Å². The van der Waals surface area contributed by atoms with E-state index in [-0.39, 0.29) is 5.91 Å². The SMILES string of the molecule is COc1ccc(CC(=O)N2CCN(Cc3c(C)noc3C)CC2)c(OC)c1. The van der Waals surface area contributed by atoms with E-state index < -0.39 is 0 Å². The van der Waals surface area contributed by atoms with Crippen LogP contribution in [0.2, 0.25) is 0 Å². The van der Waals surface area contributed by atoms with E-state index in [1.54, 1.807) is 14.2 Å². The minimum absolute atomic E-state index is 0.121. The molecule has 1 aromatic heterocycles. The van der Waals surface area contributed by atoms with Crippen molar-refractivity contribution in [2.24, 2.45) is 0 Å². The maximum atomic E-state index is 12.7. The standard InChI is InChI=1S/C20H27N3O4/c1-14-18(15(2)27-21-14)13-22-7-9-23(10-8-22)20(24)11-16-5-6-17(25-3)12-19(16)26-4/h5-6,12H,7-11,13H2,1-4H3. The van der Waals surface area contributed by atoms with Crippen molar-refractivity contribution in [2.45, 2.75) is 26.8 Å². The molecule has 27 heavy (non-hydrogen) atoms. The highest BCUT2D eigenvalue weighted by Crippen LogP contribution is 2.25. The molecule has 1 saturated heterocycles. The van der Waals surface area contributed by atoms with Gasteiger partial charge < -0.3 is 18.9 Å². The topological polar surface area (TPSA) is 68.0 Å². The Bertz CT molecular complexity index is 775. The Hall–Kier alpha value is -2.54. The largest absolute Gasteiger partial charge is 0.497 e. The first-order chi connectivity index (χ1) is 13.0. The summed E-state index contributed by atoms with van der Waals surface area (Å²) in [6.45, 7) is 7.85. The number of nitrogens with zero attached hydrogens (tertiary/aromatic N) is 3. The van der Waals surface area contributed by atoms with Gasteiger partial charge in [-0.15, -0.1) is 0 Å². The van der Waals surface area contributed by atoms with Gasteiger partial charge in [0.05, 0.1) is 26.3 Å². The van der Waals surface area contributed by atoms with Crippen LogP contribution < -0.4 is 9.47 Å². The second-order valence-electron chi connectivity index (χ2n) is 6.81. The number of amides is 1. The van der Waals surface area contributed by atoms with Crippen LogP contribution in [0.25, 0.3) is 0 Å². The zero-order valence-electron chi connectivity index (χ0n) is 16.4. The van der Waals surface area contributed by atoms with Crippen LogP contribution in [0.3, 0.4) is 0 Å². The maximum absolute atomic E-state index is 12.7. The highest BCUT2D eigenvalue weighted by Gasteiger charge is 2.23. The predicted molar refractivity (Wildman–Crippen MR) is 101 cm³/mol. The van der Waals surface area contributed by atoms with Crippen molar-refractivity contribution in [1.29, 1.82) is 0 Å². The van der Waals surface area contributed by atoms with Crippen LogP contribution in [-0.2, 0) is 17.8 Å². The van der Waals surface area contributed by atoms with Gasteiger partial charge in [0.25, 0.3) is 0 Å². The molecule has 7 nitrogen and oxygen atoms in total. The first-order valence-corrected chi connectivity index (χ1v) is 9.14. The van der Waals surface area contributed by atoms with Crippen LogP contribution in [-0.4, -0.2) is 61.3 Å². The van der Waals surface area contributed by atoms with Crippen LogP contribution in [0.5, 0.6) is 11.5 Å². The minimum Gasteiger partial charge on any atom is -0.497 e. The molecule has 2 aromatic rings. The molecule has 0 aliphatic carbocycles. The Balaban J connectivity index is 1.56. The molecule has 7 heteroatoms. The van der Waals surface area contributed by atoms with Crippen molar-refractivity contribution in [1.82, 2.24) is 15.0 Å². The molecule has 146 valence electrons. The lowest BCUT2D eigenvalue weighted by Gasteiger charge is -2.34. The molecule has 0 radical (unpaired) electrons. The van der Waals surface area contributed by atoms with Gasteiger partial charge in [-0.25, -0.2) is 0 Å². The van der Waals surface area contributed by atoms with Gasteiger partial charge in [-0.2, -0.15) is 0 Å². The van der Waals surface area contributed by atoms with E-state index in [1.807, 2.05) is 36.9 Å². The van der Waals surface area contributed by atoms with Gasteiger partial charge in [0.1, 0.15) is 17.3 Å². The number of piperazine rings is 1. The van der Waals surface area contributed by atoms with Crippen LogP contribution >= 0.6 is 0 Å². The second kappa shape index (κ2) is 8.43. The maximum Gasteiger partial charge on any atom is 0.227 e. The molecular formula is C20H27N3O4. The van der Waals surface area contributed by atoms with E-state index in [1.165, 1.54) is 0 Å². The molecule has 1 amide bonds. The minimum atomic E-state index is 0.121. The van der Waals surface area contributed by atoms with Crippen LogP contribution in [0, 0.1) is 13.8 Å². The quantitative estimate of drug-likeness (QED) is 0.773. The molecule has 0 saturated carbocycles. The number of hydrogen-bond donors (Lipinski definition) is 0. The number of hydrogen-bond acceptors (Lipinski definition) is 6. The first-order valence-electron chi connectivity index (χ1n) is 9.14. The molecule has 1 aliphatic rings. The molecule has 0 atom stereocenters. The molecule has 1 fully saturated rings. The van der Waals surface area contributed by atoms with Crippen molar-refractivity contribution in [3.05, 3.63) is 40.8 Å². The fourth-order valence-corrected chi connectivity index (χ4v) is 3.38. The summed E-state index contributed by atoms with van der Waals surface area (Å²) in [6.07, 6.45) is 0.330. The zero-order valence-corrected chi connectivity index (χ0v) is 16.4. The van der Waals surface area contributed by atoms with E-state index in [4.69, 9.17) is 14.0 Å². The molecular weight excluding hydrogens is 346 g/mol. The Labute approximate surface area is 159 Å². The van der Waals surface area contributed by atoms with Gasteiger partial charge in [0, 0.05) is 49.9 Å². The fraction of sp³-hybridized carbons (Fsp3) is 0.500. The van der Waals surface area contributed by atoms with Gasteiger partial charge in [-0.3, -0.25) is 9.69 Å². The van der Waals surface area contributed by atoms with E-state index in [0.29, 0.717) is 12.2 Å². The highest BCUT2D eigenvalue weighted by molar-refractivity contribution is 5.79. The number of rotatable bonds is 6. The van der Waals surface area contributed by atoms with Crippen LogP contribution in [0.4, 0.5) is 0 Å². The summed E-state index contributed by atoms with van der Waals surface area (Å²) in [6, 6.07) is 5.56. The van der Waals surface area contributed by atoms with E-state index >= 15 is 0 Å². The monoisotopic (exact) mass is 373 g/mol. The average molecular weight is 373 g/mol. The molecule has 0 spiro atoms. The summed E-state index contributed by atoms with van der Waals surface area (Å²) in [4.78, 5) is 17.0. The summed E-state index contributed by atoms with van der Waals surface area (Å²) in [5.41, 5.74) is 2.97. The third-order valence-electron chi connectivity index (χ3n) is 5.12. The smallest absolute Gasteiger partial charge is 0.227 e. The number of ether oxygens (including phenoxy) is 2. The lowest BCUT2D eigenvalue weighted by Crippen LogP contribution is -2.48. The lowest BCUT2D eigenvalue weighted by atomic mass is 10.1. The summed E-state index contributed by atoms with van der Waals surface area (Å²) < 4.78 is 15.9. The number of carbonyl (C=O) groups is 1. The normalized spacial score (nSPS) is 15.0. The second-order valence-corrected chi connectivity index (χ2v) is 6.81. The zero-order chi connectivity index (χ0) is 19.4. The molecule has 0 bridgehead atoms. The Morgan fingerprint density at radius 3 is 2.48 bits per heavy atom. The highest BCUT2D eigenvalue weighted by atomic mass is 16.5. The van der Waals surface area contributed by atoms with Crippen molar-refractivity contribution < 1.29 is 18.8 Å². The number of benzene rings is 1. The third-order valence-corrected chi connectivity index (χ3v) is 5.12. The fourth-order valence-electron chi connectivity index (χ4n) is 3.38. The van der Waals surface area contributed by atoms with Crippen LogP contribution in [0.15, 0.2) is 22.7 Å². The lowest BCUT2D eigenvalue weighted by molar-refractivity contribution is -0.132. The molecule has 3 rings (SSSR count). The summed E-state index contributed by atoms with van der Waals surface area (Å²) in [7, 11) is 3.22. The van der Waals surface area contributed by atoms with E-state index in [9.17, 15) is 4.79 Å². The molecule has 2 heterocycles. The number of aromatic nitrogens is 1. The van der Waals surface area contributed by atoms with Gasteiger partial charge in [-0.05, 0) is 19.9 Å². The molecule has 0 N–H and O–H groups in total. The Morgan fingerprint density at radius 1 is 1.15 bits per heavy atom. The van der Waals surface area contributed by atoms with Crippen molar-refractivity contribution in [3.63, 3.8) is 0 Å². The first kappa shape index (κ1) is 19.2. The predicted octanol–water partition coefficient (Wildman–Crippen LogP) is 2.20. The average Bonchev–Trinajstić information content (AvgIpc) is 3.00.